The van der Waals surface area contributed by atoms with Crippen molar-refractivity contribution in [1.82, 2.24) is 9.80 Å². The molecule has 0 spiro atoms. The summed E-state index contributed by atoms with van der Waals surface area (Å²) in [7, 11) is 1.89. The molecule has 0 radical (unpaired) electrons. The van der Waals surface area contributed by atoms with Crippen LogP contribution in [0.1, 0.15) is 58.8 Å². The van der Waals surface area contributed by atoms with Gasteiger partial charge < -0.3 is 10.0 Å². The minimum absolute atomic E-state index is 0.165. The van der Waals surface area contributed by atoms with E-state index in [0.717, 1.165) is 32.2 Å². The summed E-state index contributed by atoms with van der Waals surface area (Å²) in [6.07, 6.45) is 7.83. The Morgan fingerprint density at radius 3 is 2.52 bits per heavy atom. The van der Waals surface area contributed by atoms with Crippen molar-refractivity contribution < 1.29 is 9.90 Å². The molecule has 1 aliphatic carbocycles. The number of carbonyl (C=O) groups is 1. The Morgan fingerprint density at radius 1 is 1.19 bits per heavy atom. The molecule has 1 amide bonds. The summed E-state index contributed by atoms with van der Waals surface area (Å²) in [5.41, 5.74) is 0. The van der Waals surface area contributed by atoms with Crippen LogP contribution in [0.4, 0.5) is 0 Å². The van der Waals surface area contributed by atoms with Gasteiger partial charge in [-0.1, -0.05) is 19.3 Å². The number of aliphatic hydroxyl groups excluding tert-OH is 1. The predicted molar refractivity (Wildman–Crippen MR) is 85.1 cm³/mol. The SMILES string of the molecule is CC(C)N(C)C(=O)CN1CCCCC1C1CCCCC1O. The van der Waals surface area contributed by atoms with Crippen LogP contribution in [0.2, 0.25) is 0 Å². The van der Waals surface area contributed by atoms with Crippen molar-refractivity contribution in [2.24, 2.45) is 5.92 Å². The van der Waals surface area contributed by atoms with Crippen LogP contribution >= 0.6 is 0 Å². The number of nitrogens with zero attached hydrogens (tertiary/aromatic N) is 2. The summed E-state index contributed by atoms with van der Waals surface area (Å²) >= 11 is 0. The molecule has 0 aromatic carbocycles. The van der Waals surface area contributed by atoms with Crippen LogP contribution in [0.5, 0.6) is 0 Å². The van der Waals surface area contributed by atoms with Crippen LogP contribution in [0.25, 0.3) is 0 Å². The van der Waals surface area contributed by atoms with E-state index in [0.29, 0.717) is 18.5 Å². The number of piperidine rings is 1. The average molecular weight is 296 g/mol. The van der Waals surface area contributed by atoms with Crippen molar-refractivity contribution in [3.63, 3.8) is 0 Å². The van der Waals surface area contributed by atoms with Crippen LogP contribution in [-0.4, -0.2) is 59.1 Å². The molecule has 3 unspecified atom stereocenters. The Morgan fingerprint density at radius 2 is 1.86 bits per heavy atom. The first-order valence-corrected chi connectivity index (χ1v) is 8.68. The van der Waals surface area contributed by atoms with E-state index in [-0.39, 0.29) is 18.1 Å². The Balaban J connectivity index is 1.99. The highest BCUT2D eigenvalue weighted by atomic mass is 16.3. The lowest BCUT2D eigenvalue weighted by Crippen LogP contribution is -2.52. The van der Waals surface area contributed by atoms with E-state index in [2.05, 4.69) is 18.7 Å². The lowest BCUT2D eigenvalue weighted by molar-refractivity contribution is -0.134. The maximum Gasteiger partial charge on any atom is 0.236 e. The minimum atomic E-state index is -0.165. The van der Waals surface area contributed by atoms with E-state index < -0.39 is 0 Å². The van der Waals surface area contributed by atoms with Crippen LogP contribution in [0.3, 0.4) is 0 Å². The van der Waals surface area contributed by atoms with E-state index in [1.165, 1.54) is 19.3 Å². The molecule has 2 aliphatic rings. The Bertz CT molecular complexity index is 346. The largest absolute Gasteiger partial charge is 0.393 e. The van der Waals surface area contributed by atoms with Crippen molar-refractivity contribution in [3.05, 3.63) is 0 Å². The molecule has 0 aromatic rings. The lowest BCUT2D eigenvalue weighted by atomic mass is 9.78. The van der Waals surface area contributed by atoms with E-state index in [9.17, 15) is 9.90 Å². The van der Waals surface area contributed by atoms with Gasteiger partial charge >= 0.3 is 0 Å². The fourth-order valence-electron chi connectivity index (χ4n) is 3.86. The van der Waals surface area contributed by atoms with Crippen LogP contribution in [-0.2, 0) is 4.79 Å². The molecule has 1 saturated heterocycles. The van der Waals surface area contributed by atoms with Crippen LogP contribution in [0.15, 0.2) is 0 Å². The van der Waals surface area contributed by atoms with Gasteiger partial charge in [-0.15, -0.1) is 0 Å². The molecular formula is C17H32N2O2. The highest BCUT2D eigenvalue weighted by molar-refractivity contribution is 5.78. The second-order valence-corrected chi connectivity index (χ2v) is 7.15. The first kappa shape index (κ1) is 16.8. The quantitative estimate of drug-likeness (QED) is 0.865. The number of aliphatic hydroxyl groups is 1. The molecule has 1 saturated carbocycles. The summed E-state index contributed by atoms with van der Waals surface area (Å²) in [4.78, 5) is 16.6. The zero-order chi connectivity index (χ0) is 15.4. The predicted octanol–water partition coefficient (Wildman–Crippen LogP) is 2.26. The van der Waals surface area contributed by atoms with Gasteiger partial charge in [0.25, 0.3) is 0 Å². The van der Waals surface area contributed by atoms with Crippen LogP contribution < -0.4 is 0 Å². The number of likely N-dealkylation sites (N-methyl/N-ethyl adjacent to an activating group) is 1. The van der Waals surface area contributed by atoms with Gasteiger partial charge in [-0.2, -0.15) is 0 Å². The third kappa shape index (κ3) is 4.19. The zero-order valence-corrected chi connectivity index (χ0v) is 13.9. The molecule has 2 rings (SSSR count). The van der Waals surface area contributed by atoms with Crippen molar-refractivity contribution >= 4 is 5.91 Å². The summed E-state index contributed by atoms with van der Waals surface area (Å²) in [6, 6.07) is 0.652. The smallest absolute Gasteiger partial charge is 0.236 e. The van der Waals surface area contributed by atoms with Gasteiger partial charge in [0.05, 0.1) is 12.6 Å². The molecule has 122 valence electrons. The number of hydrogen-bond donors (Lipinski definition) is 1. The average Bonchev–Trinajstić information content (AvgIpc) is 2.47. The van der Waals surface area contributed by atoms with Gasteiger partial charge in [-0.25, -0.2) is 0 Å². The molecule has 1 aliphatic heterocycles. The Kier molecular flexibility index (Phi) is 6.06. The third-order valence-corrected chi connectivity index (χ3v) is 5.45. The first-order chi connectivity index (χ1) is 10.0. The maximum absolute atomic E-state index is 12.4. The molecular weight excluding hydrogens is 264 g/mol. The molecule has 21 heavy (non-hydrogen) atoms. The highest BCUT2D eigenvalue weighted by Gasteiger charge is 2.36. The Hall–Kier alpha value is -0.610. The van der Waals surface area contributed by atoms with Crippen molar-refractivity contribution in [3.8, 4) is 0 Å². The van der Waals surface area contributed by atoms with E-state index in [1.54, 1.807) is 0 Å². The molecule has 1 N–H and O–H groups in total. The van der Waals surface area contributed by atoms with Gasteiger partial charge in [0.1, 0.15) is 0 Å². The first-order valence-electron chi connectivity index (χ1n) is 8.68. The number of amides is 1. The van der Waals surface area contributed by atoms with Crippen molar-refractivity contribution in [1.29, 1.82) is 0 Å². The minimum Gasteiger partial charge on any atom is -0.393 e. The Labute approximate surface area is 129 Å². The van der Waals surface area contributed by atoms with Crippen molar-refractivity contribution in [2.75, 3.05) is 20.1 Å². The van der Waals surface area contributed by atoms with E-state index in [4.69, 9.17) is 0 Å². The number of hydrogen-bond acceptors (Lipinski definition) is 3. The van der Waals surface area contributed by atoms with Crippen molar-refractivity contribution in [2.45, 2.75) is 77.0 Å². The number of likely N-dealkylation sites (tertiary alicyclic amines) is 1. The molecule has 3 atom stereocenters. The lowest BCUT2D eigenvalue weighted by Gasteiger charge is -2.44. The van der Waals surface area contributed by atoms with Gasteiger partial charge in [0.15, 0.2) is 0 Å². The summed E-state index contributed by atoms with van der Waals surface area (Å²) in [5.74, 6) is 0.582. The summed E-state index contributed by atoms with van der Waals surface area (Å²) in [6.45, 7) is 5.63. The monoisotopic (exact) mass is 296 g/mol. The molecule has 2 fully saturated rings. The van der Waals surface area contributed by atoms with Gasteiger partial charge in [-0.05, 0) is 46.1 Å². The third-order valence-electron chi connectivity index (χ3n) is 5.45. The van der Waals surface area contributed by atoms with E-state index >= 15 is 0 Å². The molecule has 1 heterocycles. The maximum atomic E-state index is 12.4. The van der Waals surface area contributed by atoms with Gasteiger partial charge in [-0.3, -0.25) is 9.69 Å². The topological polar surface area (TPSA) is 43.8 Å². The number of rotatable bonds is 4. The van der Waals surface area contributed by atoms with Gasteiger partial charge in [0.2, 0.25) is 5.91 Å². The normalized spacial score (nSPS) is 31.4. The zero-order valence-electron chi connectivity index (χ0n) is 13.9. The fraction of sp³-hybridized carbons (Fsp3) is 0.941. The van der Waals surface area contributed by atoms with Crippen LogP contribution in [0, 0.1) is 5.92 Å². The standard InChI is InChI=1S/C17H32N2O2/c1-13(2)18(3)17(21)12-19-11-7-6-9-15(19)14-8-4-5-10-16(14)20/h13-16,20H,4-12H2,1-3H3. The second kappa shape index (κ2) is 7.59. The summed E-state index contributed by atoms with van der Waals surface area (Å²) < 4.78 is 0. The molecule has 0 aromatic heterocycles. The fourth-order valence-corrected chi connectivity index (χ4v) is 3.86. The van der Waals surface area contributed by atoms with E-state index in [1.807, 2.05) is 11.9 Å². The highest BCUT2D eigenvalue weighted by Crippen LogP contribution is 2.34. The second-order valence-electron chi connectivity index (χ2n) is 7.15. The molecule has 0 bridgehead atoms. The number of carbonyl (C=O) groups excluding carboxylic acids is 1. The molecule has 4 heteroatoms. The molecule has 4 nitrogen and oxygen atoms in total. The summed E-state index contributed by atoms with van der Waals surface area (Å²) in [5, 5.41) is 10.3. The van der Waals surface area contributed by atoms with Gasteiger partial charge in [0, 0.05) is 25.0 Å².